The Morgan fingerprint density at radius 3 is 2.54 bits per heavy atom. The highest BCUT2D eigenvalue weighted by molar-refractivity contribution is 5.18. The molecule has 1 aliphatic carbocycles. The minimum Gasteiger partial charge on any atom is -0.377 e. The van der Waals surface area contributed by atoms with Gasteiger partial charge >= 0.3 is 0 Å². The molecule has 0 amide bonds. The summed E-state index contributed by atoms with van der Waals surface area (Å²) in [6, 6.07) is 0. The van der Waals surface area contributed by atoms with Crippen LogP contribution in [0.4, 0.5) is 0 Å². The first-order chi connectivity index (χ1) is 5.98. The van der Waals surface area contributed by atoms with Gasteiger partial charge in [0.1, 0.15) is 5.60 Å². The zero-order valence-corrected chi connectivity index (χ0v) is 8.93. The average Bonchev–Trinajstić information content (AvgIpc) is 2.09. The van der Waals surface area contributed by atoms with Crippen LogP contribution in [0.1, 0.15) is 46.5 Å². The van der Waals surface area contributed by atoms with Crippen molar-refractivity contribution >= 4 is 0 Å². The molecule has 1 N–H and O–H groups in total. The molecule has 1 saturated carbocycles. The van der Waals surface area contributed by atoms with Gasteiger partial charge in [-0.2, -0.15) is 0 Å². The highest BCUT2D eigenvalue weighted by Crippen LogP contribution is 2.47. The quantitative estimate of drug-likeness (QED) is 0.615. The van der Waals surface area contributed by atoms with Crippen LogP contribution >= 0.6 is 0 Å². The topological polar surface area (TPSA) is 20.2 Å². The predicted molar refractivity (Wildman–Crippen MR) is 55.2 cm³/mol. The Hall–Kier alpha value is -0.480. The van der Waals surface area contributed by atoms with E-state index in [-0.39, 0.29) is 11.3 Å². The highest BCUT2D eigenvalue weighted by atomic mass is 16.3. The van der Waals surface area contributed by atoms with Gasteiger partial charge in [-0.1, -0.05) is 33.1 Å². The molecule has 1 nitrogen and oxygen atoms in total. The first-order valence-corrected chi connectivity index (χ1v) is 5.18. The third kappa shape index (κ3) is 1.48. The monoisotopic (exact) mass is 180 g/mol. The second-order valence-electron chi connectivity index (χ2n) is 4.79. The Kier molecular flexibility index (Phi) is 2.73. The summed E-state index contributed by atoms with van der Waals surface area (Å²) >= 11 is 0. The van der Waals surface area contributed by atoms with Crippen LogP contribution in [0.3, 0.4) is 0 Å². The zero-order valence-electron chi connectivity index (χ0n) is 8.93. The lowest BCUT2D eigenvalue weighted by Gasteiger charge is -2.48. The molecular formula is C12H20O. The van der Waals surface area contributed by atoms with Gasteiger partial charge in [0, 0.05) is 5.41 Å². The van der Waals surface area contributed by atoms with Crippen LogP contribution in [0.2, 0.25) is 0 Å². The second-order valence-corrected chi connectivity index (χ2v) is 4.79. The second kappa shape index (κ2) is 3.35. The summed E-state index contributed by atoms with van der Waals surface area (Å²) in [5.41, 5.74) is -1.01. The normalized spacial score (nSPS) is 38.2. The van der Waals surface area contributed by atoms with Crippen LogP contribution in [0.5, 0.6) is 0 Å². The number of rotatable bonds is 1. The SMILES string of the molecule is C#CC1(O)C(CC)CCCC1(C)C. The predicted octanol–water partition coefficient (Wildman–Crippen LogP) is 2.59. The maximum Gasteiger partial charge on any atom is 0.133 e. The lowest BCUT2D eigenvalue weighted by Crippen LogP contribution is -2.52. The maximum absolute atomic E-state index is 10.4. The van der Waals surface area contributed by atoms with Crippen LogP contribution in [0.15, 0.2) is 0 Å². The minimum absolute atomic E-state index is 0.124. The summed E-state index contributed by atoms with van der Waals surface area (Å²) in [4.78, 5) is 0. The van der Waals surface area contributed by atoms with Gasteiger partial charge in [-0.15, -0.1) is 6.42 Å². The van der Waals surface area contributed by atoms with Gasteiger partial charge in [0.15, 0.2) is 0 Å². The molecule has 0 saturated heterocycles. The molecule has 0 heterocycles. The van der Waals surface area contributed by atoms with Crippen molar-refractivity contribution in [3.05, 3.63) is 0 Å². The molecule has 1 rings (SSSR count). The summed E-state index contributed by atoms with van der Waals surface area (Å²) < 4.78 is 0. The van der Waals surface area contributed by atoms with E-state index in [0.717, 1.165) is 19.3 Å². The Morgan fingerprint density at radius 2 is 2.15 bits per heavy atom. The molecule has 0 radical (unpaired) electrons. The molecule has 0 aromatic carbocycles. The van der Waals surface area contributed by atoms with Crippen molar-refractivity contribution in [1.82, 2.24) is 0 Å². The number of aliphatic hydroxyl groups is 1. The Bertz CT molecular complexity index is 224. The van der Waals surface area contributed by atoms with Crippen molar-refractivity contribution in [1.29, 1.82) is 0 Å². The summed E-state index contributed by atoms with van der Waals surface area (Å²) in [6.07, 6.45) is 9.75. The van der Waals surface area contributed by atoms with Crippen molar-refractivity contribution < 1.29 is 5.11 Å². The van der Waals surface area contributed by atoms with Gasteiger partial charge in [0.05, 0.1) is 0 Å². The molecule has 0 aromatic rings. The van der Waals surface area contributed by atoms with Crippen molar-refractivity contribution in [3.8, 4) is 12.3 Å². The summed E-state index contributed by atoms with van der Waals surface area (Å²) in [5, 5.41) is 10.4. The lowest BCUT2D eigenvalue weighted by molar-refractivity contribution is -0.0929. The van der Waals surface area contributed by atoms with Crippen LogP contribution in [-0.2, 0) is 0 Å². The van der Waals surface area contributed by atoms with Crippen LogP contribution in [0, 0.1) is 23.7 Å². The van der Waals surface area contributed by atoms with E-state index in [2.05, 4.69) is 26.7 Å². The van der Waals surface area contributed by atoms with E-state index in [1.165, 1.54) is 6.42 Å². The van der Waals surface area contributed by atoms with E-state index in [4.69, 9.17) is 6.42 Å². The molecule has 0 aromatic heterocycles. The smallest absolute Gasteiger partial charge is 0.133 e. The van der Waals surface area contributed by atoms with E-state index in [9.17, 15) is 5.11 Å². The molecule has 1 aliphatic rings. The maximum atomic E-state index is 10.4. The molecule has 1 heteroatoms. The Morgan fingerprint density at radius 1 is 1.54 bits per heavy atom. The molecule has 0 bridgehead atoms. The van der Waals surface area contributed by atoms with Gasteiger partial charge in [-0.3, -0.25) is 0 Å². The lowest BCUT2D eigenvalue weighted by atomic mass is 9.60. The van der Waals surface area contributed by atoms with Gasteiger partial charge in [-0.25, -0.2) is 0 Å². The van der Waals surface area contributed by atoms with Crippen LogP contribution in [0.25, 0.3) is 0 Å². The van der Waals surface area contributed by atoms with E-state index in [1.54, 1.807) is 0 Å². The zero-order chi connectivity index (χ0) is 10.1. The summed E-state index contributed by atoms with van der Waals surface area (Å²) in [5.74, 6) is 2.91. The van der Waals surface area contributed by atoms with E-state index in [0.29, 0.717) is 0 Å². The fourth-order valence-electron chi connectivity index (χ4n) is 2.56. The molecule has 74 valence electrons. The number of hydrogen-bond donors (Lipinski definition) is 1. The first kappa shape index (κ1) is 10.6. The van der Waals surface area contributed by atoms with Crippen molar-refractivity contribution in [2.45, 2.75) is 52.1 Å². The van der Waals surface area contributed by atoms with E-state index >= 15 is 0 Å². The highest BCUT2D eigenvalue weighted by Gasteiger charge is 2.49. The third-order valence-corrected chi connectivity index (χ3v) is 3.69. The molecule has 0 aliphatic heterocycles. The standard InChI is InChI=1S/C12H20O/c1-5-10-8-7-9-11(3,4)12(10,13)6-2/h2,10,13H,5,7-9H2,1,3-4H3. The first-order valence-electron chi connectivity index (χ1n) is 5.18. The van der Waals surface area contributed by atoms with Crippen molar-refractivity contribution in [2.75, 3.05) is 0 Å². The Balaban J connectivity index is 2.98. The van der Waals surface area contributed by atoms with Crippen molar-refractivity contribution in [3.63, 3.8) is 0 Å². The van der Waals surface area contributed by atoms with Crippen molar-refractivity contribution in [2.24, 2.45) is 11.3 Å². The van der Waals surface area contributed by atoms with Gasteiger partial charge in [-0.05, 0) is 25.2 Å². The largest absolute Gasteiger partial charge is 0.377 e. The van der Waals surface area contributed by atoms with Gasteiger partial charge in [0.2, 0.25) is 0 Å². The molecule has 1 fully saturated rings. The van der Waals surface area contributed by atoms with E-state index in [1.807, 2.05) is 0 Å². The van der Waals surface area contributed by atoms with Crippen LogP contribution in [-0.4, -0.2) is 10.7 Å². The average molecular weight is 180 g/mol. The van der Waals surface area contributed by atoms with E-state index < -0.39 is 5.60 Å². The summed E-state index contributed by atoms with van der Waals surface area (Å²) in [7, 11) is 0. The van der Waals surface area contributed by atoms with Gasteiger partial charge < -0.3 is 5.11 Å². The Labute approximate surface area is 81.5 Å². The third-order valence-electron chi connectivity index (χ3n) is 3.69. The molecule has 2 atom stereocenters. The number of terminal acetylenes is 1. The fraction of sp³-hybridized carbons (Fsp3) is 0.833. The molecule has 0 spiro atoms. The summed E-state index contributed by atoms with van der Waals surface area (Å²) in [6.45, 7) is 6.26. The number of hydrogen-bond acceptors (Lipinski definition) is 1. The van der Waals surface area contributed by atoms with Gasteiger partial charge in [0.25, 0.3) is 0 Å². The molecule has 2 unspecified atom stereocenters. The molecular weight excluding hydrogens is 160 g/mol. The molecule has 13 heavy (non-hydrogen) atoms. The fourth-order valence-corrected chi connectivity index (χ4v) is 2.56. The minimum atomic E-state index is -0.889. The van der Waals surface area contributed by atoms with Crippen LogP contribution < -0.4 is 0 Å².